The summed E-state index contributed by atoms with van der Waals surface area (Å²) in [7, 11) is 0. The fraction of sp³-hybridized carbons (Fsp3) is 0.206. The molecule has 0 aromatic heterocycles. The van der Waals surface area contributed by atoms with Gasteiger partial charge in [0.1, 0.15) is 24.1 Å². The van der Waals surface area contributed by atoms with E-state index in [1.165, 1.54) is 6.92 Å². The van der Waals surface area contributed by atoms with Crippen molar-refractivity contribution < 1.29 is 24.2 Å². The Hall–Kier alpha value is -4.46. The lowest BCUT2D eigenvalue weighted by Crippen LogP contribution is -2.56. The van der Waals surface area contributed by atoms with E-state index in [-0.39, 0.29) is 13.0 Å². The van der Waals surface area contributed by atoms with Crippen LogP contribution in [-0.4, -0.2) is 28.3 Å². The van der Waals surface area contributed by atoms with Crippen LogP contribution in [-0.2, 0) is 21.0 Å². The van der Waals surface area contributed by atoms with Crippen LogP contribution in [0, 0.1) is 11.8 Å². The van der Waals surface area contributed by atoms with E-state index >= 15 is 0 Å². The van der Waals surface area contributed by atoms with Crippen LogP contribution in [0.5, 0.6) is 5.75 Å². The molecule has 0 radical (unpaired) electrons. The zero-order chi connectivity index (χ0) is 29.7. The molecule has 1 fully saturated rings. The van der Waals surface area contributed by atoms with Gasteiger partial charge in [0.25, 0.3) is 0 Å². The molecular weight excluding hydrogens is 552 g/mol. The number of carbonyl (C=O) groups is 3. The maximum atomic E-state index is 13.9. The number of rotatable bonds is 8. The molecule has 8 heteroatoms. The second-order valence-corrected chi connectivity index (χ2v) is 11.1. The Morgan fingerprint density at radius 3 is 2.10 bits per heavy atom. The molecule has 0 spiro atoms. The summed E-state index contributed by atoms with van der Waals surface area (Å²) < 4.78 is 6.03. The molecule has 4 aromatic carbocycles. The number of hydrogen-bond donors (Lipinski definition) is 3. The van der Waals surface area contributed by atoms with E-state index in [1.54, 1.807) is 78.9 Å². The highest BCUT2D eigenvalue weighted by atomic mass is 35.5. The Bertz CT molecular complexity index is 1580. The number of halogens is 1. The van der Waals surface area contributed by atoms with Gasteiger partial charge in [-0.2, -0.15) is 0 Å². The first-order valence-corrected chi connectivity index (χ1v) is 14.0. The predicted octanol–water partition coefficient (Wildman–Crippen LogP) is 6.24. The molecule has 1 saturated carbocycles. The van der Waals surface area contributed by atoms with Crippen LogP contribution in [0.15, 0.2) is 109 Å². The number of carbonyl (C=O) groups excluding carboxylic acids is 3. The van der Waals surface area contributed by atoms with Crippen molar-refractivity contribution in [1.82, 2.24) is 0 Å². The molecule has 1 aliphatic carbocycles. The fourth-order valence-electron chi connectivity index (χ4n) is 5.56. The second kappa shape index (κ2) is 12.6. The smallest absolute Gasteiger partial charge is 0.235 e. The molecule has 4 atom stereocenters. The minimum absolute atomic E-state index is 0.195. The monoisotopic (exact) mass is 582 g/mol. The number of aliphatic hydroxyl groups is 1. The number of amides is 2. The molecule has 3 N–H and O–H groups in total. The Kier molecular flexibility index (Phi) is 8.71. The van der Waals surface area contributed by atoms with Gasteiger partial charge in [-0.25, -0.2) is 0 Å². The van der Waals surface area contributed by atoms with Crippen LogP contribution >= 0.6 is 11.6 Å². The molecular formula is C34H31ClN2O5. The lowest BCUT2D eigenvalue weighted by atomic mass is 9.61. The molecule has 0 heterocycles. The third kappa shape index (κ3) is 6.54. The minimum atomic E-state index is -1.72. The topological polar surface area (TPSA) is 105 Å². The SMILES string of the molecule is CC1(O)CC(=O)C(C(=O)Nc2ccccc2)C(c2cccc(OCc3ccccc3Cl)c2)C1C(=O)Nc1ccccc1. The highest BCUT2D eigenvalue weighted by Crippen LogP contribution is 2.47. The number of anilines is 2. The van der Waals surface area contributed by atoms with Crippen LogP contribution in [0.4, 0.5) is 11.4 Å². The summed E-state index contributed by atoms with van der Waals surface area (Å²) >= 11 is 6.30. The highest BCUT2D eigenvalue weighted by molar-refractivity contribution is 6.31. The minimum Gasteiger partial charge on any atom is -0.489 e. The number of nitrogens with one attached hydrogen (secondary N) is 2. The summed E-state index contributed by atoms with van der Waals surface area (Å²) in [6, 6.07) is 31.9. The second-order valence-electron chi connectivity index (χ2n) is 10.6. The first-order valence-electron chi connectivity index (χ1n) is 13.7. The zero-order valence-electron chi connectivity index (χ0n) is 23.0. The molecule has 2 amide bonds. The fourth-order valence-corrected chi connectivity index (χ4v) is 5.75. The van der Waals surface area contributed by atoms with Crippen molar-refractivity contribution in [2.75, 3.05) is 10.6 Å². The number of hydrogen-bond acceptors (Lipinski definition) is 5. The lowest BCUT2D eigenvalue weighted by Gasteiger charge is -2.44. The van der Waals surface area contributed by atoms with Crippen molar-refractivity contribution in [3.05, 3.63) is 125 Å². The van der Waals surface area contributed by atoms with Gasteiger partial charge in [-0.15, -0.1) is 0 Å². The van der Waals surface area contributed by atoms with Crippen LogP contribution in [0.25, 0.3) is 0 Å². The number of ketones is 1. The van der Waals surface area contributed by atoms with E-state index in [0.29, 0.717) is 27.7 Å². The predicted molar refractivity (Wildman–Crippen MR) is 162 cm³/mol. The van der Waals surface area contributed by atoms with Gasteiger partial charge in [-0.3, -0.25) is 14.4 Å². The van der Waals surface area contributed by atoms with Gasteiger partial charge in [0, 0.05) is 34.3 Å². The molecule has 4 unspecified atom stereocenters. The average molecular weight is 583 g/mol. The van der Waals surface area contributed by atoms with Crippen molar-refractivity contribution in [3.63, 3.8) is 0 Å². The Labute approximate surface area is 249 Å². The first-order chi connectivity index (χ1) is 20.2. The van der Waals surface area contributed by atoms with Crippen LogP contribution in [0.3, 0.4) is 0 Å². The zero-order valence-corrected chi connectivity index (χ0v) is 23.8. The molecule has 0 saturated heterocycles. The third-order valence-corrected chi connectivity index (χ3v) is 7.88. The largest absolute Gasteiger partial charge is 0.489 e. The van der Waals surface area contributed by atoms with Gasteiger partial charge in [-0.05, 0) is 55.0 Å². The number of ether oxygens (including phenoxy) is 1. The Morgan fingerprint density at radius 2 is 1.45 bits per heavy atom. The molecule has 4 aromatic rings. The molecule has 214 valence electrons. The average Bonchev–Trinajstić information content (AvgIpc) is 2.97. The molecule has 5 rings (SSSR count). The van der Waals surface area contributed by atoms with Crippen LogP contribution in [0.1, 0.15) is 30.4 Å². The molecule has 0 aliphatic heterocycles. The standard InChI is InChI=1S/C34H31ClN2O5/c1-34(41)20-28(38)30(32(39)36-24-13-4-2-5-14-24)29(31(34)33(40)37-25-15-6-3-7-16-25)22-12-10-17-26(19-22)42-21-23-11-8-9-18-27(23)35/h2-19,29-31,41H,20-21H2,1H3,(H,36,39)(H,37,40). The lowest BCUT2D eigenvalue weighted by molar-refractivity contribution is -0.150. The number of benzene rings is 4. The van der Waals surface area contributed by atoms with E-state index in [2.05, 4.69) is 10.6 Å². The van der Waals surface area contributed by atoms with Crippen LogP contribution in [0.2, 0.25) is 5.02 Å². The highest BCUT2D eigenvalue weighted by Gasteiger charge is 2.56. The van der Waals surface area contributed by atoms with Crippen LogP contribution < -0.4 is 15.4 Å². The summed E-state index contributed by atoms with van der Waals surface area (Å²) in [6.45, 7) is 1.66. The van der Waals surface area contributed by atoms with Crippen molar-refractivity contribution in [2.45, 2.75) is 31.5 Å². The van der Waals surface area contributed by atoms with Gasteiger partial charge in [-0.1, -0.05) is 78.3 Å². The van der Waals surface area contributed by atoms with Crippen molar-refractivity contribution in [3.8, 4) is 5.75 Å². The first kappa shape index (κ1) is 29.0. The van der Waals surface area contributed by atoms with Gasteiger partial charge in [0.15, 0.2) is 0 Å². The molecule has 1 aliphatic rings. The van der Waals surface area contributed by atoms with Crippen molar-refractivity contribution in [1.29, 1.82) is 0 Å². The number of para-hydroxylation sites is 2. The van der Waals surface area contributed by atoms with Gasteiger partial charge < -0.3 is 20.5 Å². The summed E-state index contributed by atoms with van der Waals surface area (Å²) in [6.07, 6.45) is -0.355. The summed E-state index contributed by atoms with van der Waals surface area (Å²) in [5.74, 6) is -4.40. The van der Waals surface area contributed by atoms with Crippen molar-refractivity contribution in [2.24, 2.45) is 11.8 Å². The van der Waals surface area contributed by atoms with E-state index in [9.17, 15) is 19.5 Å². The van der Waals surface area contributed by atoms with E-state index in [4.69, 9.17) is 16.3 Å². The van der Waals surface area contributed by atoms with Crippen molar-refractivity contribution >= 4 is 40.6 Å². The Morgan fingerprint density at radius 1 is 0.857 bits per heavy atom. The van der Waals surface area contributed by atoms with E-state index in [0.717, 1.165) is 5.56 Å². The summed E-state index contributed by atoms with van der Waals surface area (Å²) in [5.41, 5.74) is 0.644. The van der Waals surface area contributed by atoms with Gasteiger partial charge >= 0.3 is 0 Å². The molecule has 42 heavy (non-hydrogen) atoms. The third-order valence-electron chi connectivity index (χ3n) is 7.51. The normalized spacial score (nSPS) is 21.8. The quantitative estimate of drug-likeness (QED) is 0.213. The van der Waals surface area contributed by atoms with Gasteiger partial charge in [0.05, 0.1) is 11.5 Å². The summed E-state index contributed by atoms with van der Waals surface area (Å²) in [5, 5.41) is 17.8. The maximum absolute atomic E-state index is 13.9. The molecule has 0 bridgehead atoms. The van der Waals surface area contributed by atoms with E-state index < -0.39 is 41.0 Å². The Balaban J connectivity index is 1.53. The summed E-state index contributed by atoms with van der Waals surface area (Å²) in [4.78, 5) is 41.2. The van der Waals surface area contributed by atoms with Gasteiger partial charge in [0.2, 0.25) is 11.8 Å². The molecule has 7 nitrogen and oxygen atoms in total. The maximum Gasteiger partial charge on any atom is 0.235 e. The number of Topliss-reactive ketones (excluding diaryl/α,β-unsaturated/α-hetero) is 1. The van der Waals surface area contributed by atoms with E-state index in [1.807, 2.05) is 30.3 Å².